The molecule has 3 aromatic rings. The number of aryl methyl sites for hydroxylation is 1. The molecule has 0 fully saturated rings. The van der Waals surface area contributed by atoms with Crippen molar-refractivity contribution in [2.45, 2.75) is 6.92 Å². The summed E-state index contributed by atoms with van der Waals surface area (Å²) < 4.78 is 12.4. The van der Waals surface area contributed by atoms with Gasteiger partial charge in [0.2, 0.25) is 6.79 Å². The fourth-order valence-corrected chi connectivity index (χ4v) is 2.33. The number of nitrogen functional groups attached to an aromatic ring is 1. The number of nitrogens with zero attached hydrogens (tertiary/aromatic N) is 3. The summed E-state index contributed by atoms with van der Waals surface area (Å²) >= 11 is 0. The first-order chi connectivity index (χ1) is 9.70. The Labute approximate surface area is 114 Å². The molecule has 100 valence electrons. The Kier molecular flexibility index (Phi) is 2.14. The van der Waals surface area contributed by atoms with E-state index in [1.165, 1.54) is 0 Å². The highest BCUT2D eigenvalue weighted by Crippen LogP contribution is 2.35. The van der Waals surface area contributed by atoms with Gasteiger partial charge in [0.25, 0.3) is 0 Å². The Bertz CT molecular complexity index is 825. The van der Waals surface area contributed by atoms with Crippen molar-refractivity contribution >= 4 is 11.3 Å². The second-order valence-electron chi connectivity index (χ2n) is 4.73. The van der Waals surface area contributed by atoms with E-state index in [0.717, 1.165) is 28.3 Å². The molecule has 0 saturated carbocycles. The first kappa shape index (κ1) is 11.1. The van der Waals surface area contributed by atoms with Crippen LogP contribution in [0.4, 0.5) is 5.69 Å². The number of nitrogens with two attached hydrogens (primary N) is 1. The molecule has 3 heterocycles. The van der Waals surface area contributed by atoms with Gasteiger partial charge in [-0.25, -0.2) is 9.50 Å². The lowest BCUT2D eigenvalue weighted by Gasteiger charge is -1.98. The van der Waals surface area contributed by atoms with E-state index in [1.54, 1.807) is 10.7 Å². The van der Waals surface area contributed by atoms with E-state index >= 15 is 0 Å². The molecule has 1 aromatic carbocycles. The van der Waals surface area contributed by atoms with Crippen molar-refractivity contribution in [3.63, 3.8) is 0 Å². The molecule has 0 amide bonds. The molecule has 6 heteroatoms. The second-order valence-corrected chi connectivity index (χ2v) is 4.73. The Morgan fingerprint density at radius 2 is 2.05 bits per heavy atom. The number of aromatic nitrogens is 3. The van der Waals surface area contributed by atoms with E-state index in [4.69, 9.17) is 15.2 Å². The van der Waals surface area contributed by atoms with Gasteiger partial charge in [-0.3, -0.25) is 0 Å². The number of ether oxygens (including phenoxy) is 2. The molecular weight excluding hydrogens is 256 g/mol. The highest BCUT2D eigenvalue weighted by atomic mass is 16.7. The lowest BCUT2D eigenvalue weighted by Crippen LogP contribution is -1.94. The molecule has 0 bridgehead atoms. The molecule has 2 aromatic heterocycles. The zero-order chi connectivity index (χ0) is 13.7. The number of pyridine rings is 1. The summed E-state index contributed by atoms with van der Waals surface area (Å²) in [4.78, 5) is 4.55. The van der Waals surface area contributed by atoms with Crippen LogP contribution in [0.1, 0.15) is 5.56 Å². The first-order valence-corrected chi connectivity index (χ1v) is 6.23. The highest BCUT2D eigenvalue weighted by Gasteiger charge is 2.16. The van der Waals surface area contributed by atoms with Crippen LogP contribution in [0, 0.1) is 6.92 Å². The van der Waals surface area contributed by atoms with Crippen molar-refractivity contribution < 1.29 is 9.47 Å². The van der Waals surface area contributed by atoms with Gasteiger partial charge < -0.3 is 15.2 Å². The number of rotatable bonds is 1. The van der Waals surface area contributed by atoms with E-state index < -0.39 is 0 Å². The van der Waals surface area contributed by atoms with Crippen molar-refractivity contribution in [3.05, 3.63) is 36.0 Å². The average Bonchev–Trinajstić information content (AvgIpc) is 3.03. The van der Waals surface area contributed by atoms with Crippen LogP contribution in [-0.4, -0.2) is 21.4 Å². The van der Waals surface area contributed by atoms with Gasteiger partial charge in [0.15, 0.2) is 23.0 Å². The van der Waals surface area contributed by atoms with Gasteiger partial charge in [0, 0.05) is 5.56 Å². The van der Waals surface area contributed by atoms with Crippen LogP contribution in [0.3, 0.4) is 0 Å². The van der Waals surface area contributed by atoms with Crippen molar-refractivity contribution in [3.8, 4) is 22.9 Å². The van der Waals surface area contributed by atoms with Crippen LogP contribution in [0.25, 0.3) is 17.0 Å². The van der Waals surface area contributed by atoms with Crippen LogP contribution in [0.15, 0.2) is 30.5 Å². The molecular formula is C14H12N4O2. The number of hydrogen-bond donors (Lipinski definition) is 1. The Hall–Kier alpha value is -2.76. The minimum absolute atomic E-state index is 0.257. The van der Waals surface area contributed by atoms with Gasteiger partial charge in [-0.2, -0.15) is 0 Å². The summed E-state index contributed by atoms with van der Waals surface area (Å²) in [6.45, 7) is 2.22. The molecule has 0 aliphatic carbocycles. The Morgan fingerprint density at radius 1 is 1.20 bits per heavy atom. The van der Waals surface area contributed by atoms with Crippen LogP contribution >= 0.6 is 0 Å². The number of fused-ring (bicyclic) bond motifs is 2. The maximum absolute atomic E-state index is 5.82. The molecule has 1 aliphatic heterocycles. The molecule has 20 heavy (non-hydrogen) atoms. The number of hydrogen-bond acceptors (Lipinski definition) is 5. The lowest BCUT2D eigenvalue weighted by molar-refractivity contribution is 0.174. The van der Waals surface area contributed by atoms with Gasteiger partial charge in [-0.05, 0) is 36.8 Å². The number of anilines is 1. The zero-order valence-electron chi connectivity index (χ0n) is 10.8. The summed E-state index contributed by atoms with van der Waals surface area (Å²) in [5.41, 5.74) is 9.16. The third-order valence-corrected chi connectivity index (χ3v) is 3.27. The molecule has 6 nitrogen and oxygen atoms in total. The third kappa shape index (κ3) is 1.58. The van der Waals surface area contributed by atoms with Crippen LogP contribution in [0.5, 0.6) is 11.5 Å². The summed E-state index contributed by atoms with van der Waals surface area (Å²) in [5, 5.41) is 4.46. The summed E-state index contributed by atoms with van der Waals surface area (Å²) in [7, 11) is 0. The molecule has 0 unspecified atom stereocenters. The molecule has 0 atom stereocenters. The van der Waals surface area contributed by atoms with E-state index in [-0.39, 0.29) is 6.79 Å². The van der Waals surface area contributed by atoms with Crippen molar-refractivity contribution in [2.75, 3.05) is 12.5 Å². The zero-order valence-corrected chi connectivity index (χ0v) is 10.8. The fourth-order valence-electron chi connectivity index (χ4n) is 2.33. The minimum atomic E-state index is 0.257. The molecule has 0 spiro atoms. The normalized spacial score (nSPS) is 13.1. The van der Waals surface area contributed by atoms with Gasteiger partial charge in [-0.1, -0.05) is 0 Å². The summed E-state index contributed by atoms with van der Waals surface area (Å²) in [6.07, 6.45) is 1.76. The van der Waals surface area contributed by atoms with E-state index in [2.05, 4.69) is 10.1 Å². The van der Waals surface area contributed by atoms with Gasteiger partial charge in [-0.15, -0.1) is 5.10 Å². The maximum atomic E-state index is 5.82. The average molecular weight is 268 g/mol. The number of benzene rings is 1. The predicted molar refractivity (Wildman–Crippen MR) is 73.7 cm³/mol. The van der Waals surface area contributed by atoms with Crippen molar-refractivity contribution in [2.24, 2.45) is 0 Å². The highest BCUT2D eigenvalue weighted by molar-refractivity contribution is 5.65. The van der Waals surface area contributed by atoms with Crippen molar-refractivity contribution in [1.29, 1.82) is 0 Å². The van der Waals surface area contributed by atoms with E-state index in [0.29, 0.717) is 11.5 Å². The van der Waals surface area contributed by atoms with E-state index in [9.17, 15) is 0 Å². The Balaban J connectivity index is 1.88. The monoisotopic (exact) mass is 268 g/mol. The van der Waals surface area contributed by atoms with Gasteiger partial charge in [0.1, 0.15) is 0 Å². The molecule has 2 N–H and O–H groups in total. The third-order valence-electron chi connectivity index (χ3n) is 3.27. The standard InChI is InChI=1S/C14H12N4O2/c1-8-4-10(15)6-18-14(8)16-13(17-18)9-2-3-11-12(5-9)20-7-19-11/h2-6H,7,15H2,1H3. The molecule has 0 radical (unpaired) electrons. The van der Waals surface area contributed by atoms with Crippen LogP contribution < -0.4 is 15.2 Å². The maximum Gasteiger partial charge on any atom is 0.231 e. The fraction of sp³-hybridized carbons (Fsp3) is 0.143. The smallest absolute Gasteiger partial charge is 0.231 e. The summed E-state index contributed by atoms with van der Waals surface area (Å²) in [6, 6.07) is 7.55. The van der Waals surface area contributed by atoms with Crippen molar-refractivity contribution in [1.82, 2.24) is 14.6 Å². The topological polar surface area (TPSA) is 74.7 Å². The molecule has 0 saturated heterocycles. The van der Waals surface area contributed by atoms with E-state index in [1.807, 2.05) is 31.2 Å². The quantitative estimate of drug-likeness (QED) is 0.730. The second kappa shape index (κ2) is 3.86. The predicted octanol–water partition coefficient (Wildman–Crippen LogP) is 2.02. The van der Waals surface area contributed by atoms with Crippen LogP contribution in [-0.2, 0) is 0 Å². The van der Waals surface area contributed by atoms with Gasteiger partial charge in [0.05, 0.1) is 11.9 Å². The SMILES string of the molecule is Cc1cc(N)cn2nc(-c3ccc4c(c3)OCO4)nc12. The first-order valence-electron chi connectivity index (χ1n) is 6.23. The molecule has 1 aliphatic rings. The minimum Gasteiger partial charge on any atom is -0.454 e. The Morgan fingerprint density at radius 3 is 2.95 bits per heavy atom. The van der Waals surface area contributed by atoms with Gasteiger partial charge >= 0.3 is 0 Å². The largest absolute Gasteiger partial charge is 0.454 e. The lowest BCUT2D eigenvalue weighted by atomic mass is 10.2. The van der Waals surface area contributed by atoms with Crippen LogP contribution in [0.2, 0.25) is 0 Å². The molecule has 4 rings (SSSR count). The summed E-state index contributed by atoms with van der Waals surface area (Å²) in [5.74, 6) is 2.10.